The lowest BCUT2D eigenvalue weighted by atomic mass is 9.98. The van der Waals surface area contributed by atoms with Crippen LogP contribution in [0.15, 0.2) is 72.2 Å². The average molecular weight is 863 g/mol. The molecule has 0 spiro atoms. The van der Waals surface area contributed by atoms with Crippen molar-refractivity contribution in [3.05, 3.63) is 106 Å². The summed E-state index contributed by atoms with van der Waals surface area (Å²) in [6.45, 7) is 8.55. The first-order chi connectivity index (χ1) is 30.0. The molecule has 3 aliphatic rings. The van der Waals surface area contributed by atoms with Crippen LogP contribution in [0.25, 0.3) is 11.4 Å². The minimum atomic E-state index is -0.843. The average Bonchev–Trinajstić information content (AvgIpc) is 3.72. The van der Waals surface area contributed by atoms with E-state index in [2.05, 4.69) is 32.7 Å². The van der Waals surface area contributed by atoms with Crippen LogP contribution >= 0.6 is 11.6 Å². The Morgan fingerprint density at radius 2 is 1.65 bits per heavy atom. The Hall–Kier alpha value is -6.35. The van der Waals surface area contributed by atoms with E-state index in [0.717, 1.165) is 61.8 Å². The Kier molecular flexibility index (Phi) is 13.8. The van der Waals surface area contributed by atoms with Crippen molar-refractivity contribution in [1.29, 1.82) is 0 Å². The van der Waals surface area contributed by atoms with Gasteiger partial charge >= 0.3 is 0 Å². The first kappa shape index (κ1) is 43.7. The maximum atomic E-state index is 13.6. The van der Waals surface area contributed by atoms with Gasteiger partial charge in [-0.05, 0) is 62.6 Å². The highest BCUT2D eigenvalue weighted by Gasteiger charge is 2.43. The van der Waals surface area contributed by atoms with Gasteiger partial charge in [-0.1, -0.05) is 81.5 Å². The third-order valence-electron chi connectivity index (χ3n) is 11.5. The molecule has 3 aromatic carbocycles. The van der Waals surface area contributed by atoms with Crippen LogP contribution in [0.3, 0.4) is 0 Å². The maximum absolute atomic E-state index is 13.6. The number of aliphatic imine (C=N–C) groups is 1. The number of ether oxygens (including phenoxy) is 2. The standard InChI is InChI=1S/C46H51ClN8O7/c1-27(41-43-53-52-29(3)55(43)35-20-19-32(61-4)25-34(35)42(51-41)30-15-17-31(47)18-16-30)44(58)49-24-11-9-7-5-6-8-10-23-48-39(57)26-62-37-14-12-13-33-28(2)54(46(60)40(33)37)36-21-22-38(56)50-45(36)59/h12-20,25,27,36,41H,2,5-11,21-24,26H2,1,3-4H3,(H,48,57)(H,49,58)(H,50,56,59)/t27-,36?,41+/m1/s1. The summed E-state index contributed by atoms with van der Waals surface area (Å²) < 4.78 is 13.3. The van der Waals surface area contributed by atoms with Crippen LogP contribution < -0.4 is 25.4 Å². The lowest BCUT2D eigenvalue weighted by molar-refractivity contribution is -0.136. The van der Waals surface area contributed by atoms with Gasteiger partial charge in [-0.3, -0.25) is 43.7 Å². The molecule has 3 atom stereocenters. The molecule has 15 nitrogen and oxygen atoms in total. The maximum Gasteiger partial charge on any atom is 0.263 e. The van der Waals surface area contributed by atoms with E-state index in [1.165, 1.54) is 4.90 Å². The lowest BCUT2D eigenvalue weighted by Gasteiger charge is -2.30. The molecule has 1 saturated heterocycles. The summed E-state index contributed by atoms with van der Waals surface area (Å²) in [5, 5.41) is 17.8. The second kappa shape index (κ2) is 19.6. The number of hydrogen-bond acceptors (Lipinski definition) is 10. The van der Waals surface area contributed by atoms with Crippen LogP contribution in [0.1, 0.15) is 109 Å². The monoisotopic (exact) mass is 862 g/mol. The van der Waals surface area contributed by atoms with E-state index >= 15 is 0 Å². The predicted molar refractivity (Wildman–Crippen MR) is 233 cm³/mol. The van der Waals surface area contributed by atoms with Crippen molar-refractivity contribution in [3.8, 4) is 17.2 Å². The highest BCUT2D eigenvalue weighted by Crippen LogP contribution is 2.40. The van der Waals surface area contributed by atoms with Gasteiger partial charge < -0.3 is 20.1 Å². The second-order valence-electron chi connectivity index (χ2n) is 15.7. The lowest BCUT2D eigenvalue weighted by Crippen LogP contribution is -2.52. The number of halogens is 1. The molecule has 1 unspecified atom stereocenters. The van der Waals surface area contributed by atoms with Crippen molar-refractivity contribution in [2.45, 2.75) is 83.7 Å². The number of carbonyl (C=O) groups is 5. The van der Waals surface area contributed by atoms with E-state index in [-0.39, 0.29) is 48.5 Å². The summed E-state index contributed by atoms with van der Waals surface area (Å²) in [4.78, 5) is 70.3. The van der Waals surface area contributed by atoms with Crippen molar-refractivity contribution in [3.63, 3.8) is 0 Å². The van der Waals surface area contributed by atoms with Gasteiger partial charge in [0, 0.05) is 46.9 Å². The molecule has 0 aliphatic carbocycles. The number of piperidine rings is 1. The molecule has 16 heteroatoms. The number of aryl methyl sites for hydroxylation is 1. The normalized spacial score (nSPS) is 17.3. The SMILES string of the molecule is C=C1c2cccc(OCC(=O)NCCCCCCCCCNC(=O)[C@H](C)[C@@H]3N=C(c4ccc(Cl)cc4)c4cc(OC)ccc4-n4c(C)nnc43)c2C(=O)N1C1CCC(=O)NC1=O. The van der Waals surface area contributed by atoms with Gasteiger partial charge in [0.05, 0.1) is 30.0 Å². The fourth-order valence-corrected chi connectivity index (χ4v) is 8.28. The number of hydrogen-bond donors (Lipinski definition) is 3. The number of benzene rings is 3. The van der Waals surface area contributed by atoms with E-state index in [1.54, 1.807) is 25.3 Å². The van der Waals surface area contributed by atoms with Crippen molar-refractivity contribution < 1.29 is 33.4 Å². The van der Waals surface area contributed by atoms with Crippen LogP contribution in [0.2, 0.25) is 5.02 Å². The molecule has 1 fully saturated rings. The van der Waals surface area contributed by atoms with Gasteiger partial charge in [-0.2, -0.15) is 0 Å². The Bertz CT molecular complexity index is 2410. The van der Waals surface area contributed by atoms with E-state index in [0.29, 0.717) is 52.5 Å². The molecule has 324 valence electrons. The molecular weight excluding hydrogens is 812 g/mol. The van der Waals surface area contributed by atoms with Crippen LogP contribution in [-0.2, 0) is 19.2 Å². The number of imide groups is 1. The number of aromatic nitrogens is 3. The molecule has 3 aliphatic heterocycles. The molecule has 62 heavy (non-hydrogen) atoms. The number of rotatable bonds is 18. The number of amides is 5. The molecule has 0 bridgehead atoms. The van der Waals surface area contributed by atoms with Crippen LogP contribution in [0.4, 0.5) is 0 Å². The number of methoxy groups -OCH3 is 1. The fourth-order valence-electron chi connectivity index (χ4n) is 8.15. The van der Waals surface area contributed by atoms with E-state index in [4.69, 9.17) is 26.1 Å². The summed E-state index contributed by atoms with van der Waals surface area (Å²) >= 11 is 6.24. The number of carbonyl (C=O) groups excluding carboxylic acids is 5. The van der Waals surface area contributed by atoms with E-state index in [9.17, 15) is 24.0 Å². The molecule has 4 heterocycles. The van der Waals surface area contributed by atoms with Gasteiger partial charge in [0.1, 0.15) is 29.4 Å². The number of unbranched alkanes of at least 4 members (excludes halogenated alkanes) is 6. The van der Waals surface area contributed by atoms with Gasteiger partial charge in [-0.25, -0.2) is 0 Å². The highest BCUT2D eigenvalue weighted by atomic mass is 35.5. The minimum absolute atomic E-state index is 0.110. The molecule has 3 N–H and O–H groups in total. The zero-order chi connectivity index (χ0) is 43.9. The largest absolute Gasteiger partial charge is 0.497 e. The van der Waals surface area contributed by atoms with Gasteiger partial charge in [-0.15, -0.1) is 10.2 Å². The smallest absolute Gasteiger partial charge is 0.263 e. The molecule has 0 radical (unpaired) electrons. The number of fused-ring (bicyclic) bond motifs is 4. The van der Waals surface area contributed by atoms with Gasteiger partial charge in [0.2, 0.25) is 17.7 Å². The molecule has 7 rings (SSSR count). The highest BCUT2D eigenvalue weighted by molar-refractivity contribution is 6.30. The topological polar surface area (TPSA) is 186 Å². The first-order valence-corrected chi connectivity index (χ1v) is 21.5. The molecule has 5 amide bonds. The van der Waals surface area contributed by atoms with Crippen molar-refractivity contribution >= 4 is 52.5 Å². The van der Waals surface area contributed by atoms with Crippen LogP contribution in [0.5, 0.6) is 11.5 Å². The summed E-state index contributed by atoms with van der Waals surface area (Å²) in [5.41, 5.74) is 4.38. The Labute approximate surface area is 365 Å². The van der Waals surface area contributed by atoms with Crippen LogP contribution in [-0.4, -0.2) is 87.8 Å². The Morgan fingerprint density at radius 3 is 2.35 bits per heavy atom. The van der Waals surface area contributed by atoms with Crippen molar-refractivity contribution in [2.24, 2.45) is 10.9 Å². The number of nitrogens with zero attached hydrogens (tertiary/aromatic N) is 5. The molecule has 4 aromatic rings. The minimum Gasteiger partial charge on any atom is -0.497 e. The van der Waals surface area contributed by atoms with E-state index < -0.39 is 29.8 Å². The van der Waals surface area contributed by atoms with E-state index in [1.807, 2.05) is 60.9 Å². The predicted octanol–water partition coefficient (Wildman–Crippen LogP) is 6.04. The first-order valence-electron chi connectivity index (χ1n) is 21.1. The molecule has 0 saturated carbocycles. The number of nitrogens with one attached hydrogen (secondary N) is 3. The Balaban J connectivity index is 0.814. The quantitative estimate of drug-likeness (QED) is 0.0793. The van der Waals surface area contributed by atoms with Crippen LogP contribution in [0, 0.1) is 12.8 Å². The fraction of sp³-hybridized carbons (Fsp3) is 0.391. The summed E-state index contributed by atoms with van der Waals surface area (Å²) in [7, 11) is 1.62. The molecule has 1 aromatic heterocycles. The zero-order valence-electron chi connectivity index (χ0n) is 35.2. The Morgan fingerprint density at radius 1 is 0.935 bits per heavy atom. The van der Waals surface area contributed by atoms with Crippen molar-refractivity contribution in [2.75, 3.05) is 26.8 Å². The third-order valence-corrected chi connectivity index (χ3v) is 11.8. The van der Waals surface area contributed by atoms with Gasteiger partial charge in [0.15, 0.2) is 12.4 Å². The third kappa shape index (κ3) is 9.42. The zero-order valence-corrected chi connectivity index (χ0v) is 35.9. The summed E-state index contributed by atoms with van der Waals surface area (Å²) in [5.74, 6) is -0.118. The van der Waals surface area contributed by atoms with Gasteiger partial charge in [0.25, 0.3) is 11.8 Å². The summed E-state index contributed by atoms with van der Waals surface area (Å²) in [6, 6.07) is 16.9. The second-order valence-corrected chi connectivity index (χ2v) is 16.2. The van der Waals surface area contributed by atoms with Crippen molar-refractivity contribution in [1.82, 2.24) is 35.6 Å². The summed E-state index contributed by atoms with van der Waals surface area (Å²) in [6.07, 6.45) is 7.00. The molecular formula is C46H51ClN8O7.